The first-order valence-corrected chi connectivity index (χ1v) is 8.29. The van der Waals surface area contributed by atoms with E-state index >= 15 is 0 Å². The van der Waals surface area contributed by atoms with Crippen LogP contribution in [0.25, 0.3) is 0 Å². The van der Waals surface area contributed by atoms with Crippen LogP contribution in [0.1, 0.15) is 15.9 Å². The number of halogens is 2. The lowest BCUT2D eigenvalue weighted by molar-refractivity contribution is 0.0946. The monoisotopic (exact) mass is 362 g/mol. The van der Waals surface area contributed by atoms with Crippen molar-refractivity contribution in [3.05, 3.63) is 70.5 Å². The molecule has 0 aliphatic heterocycles. The van der Waals surface area contributed by atoms with Gasteiger partial charge in [-0.3, -0.25) is 4.79 Å². The summed E-state index contributed by atoms with van der Waals surface area (Å²) in [6.45, 7) is 0. The van der Waals surface area contributed by atoms with Crippen molar-refractivity contribution in [2.45, 2.75) is 10.9 Å². The first-order valence-electron chi connectivity index (χ1n) is 6.93. The van der Waals surface area contributed by atoms with Crippen LogP contribution in [0.4, 0.5) is 10.3 Å². The first-order chi connectivity index (χ1) is 11.5. The van der Waals surface area contributed by atoms with E-state index in [4.69, 9.17) is 17.3 Å². The fourth-order valence-electron chi connectivity index (χ4n) is 1.96. The normalized spacial score (nSPS) is 10.8. The van der Waals surface area contributed by atoms with Crippen LogP contribution in [-0.4, -0.2) is 20.7 Å². The van der Waals surface area contributed by atoms with Gasteiger partial charge in [0.25, 0.3) is 5.91 Å². The zero-order valence-corrected chi connectivity index (χ0v) is 13.9. The molecule has 122 valence electrons. The predicted octanol–water partition coefficient (Wildman–Crippen LogP) is 3.63. The van der Waals surface area contributed by atoms with Gasteiger partial charge >= 0.3 is 0 Å². The highest BCUT2D eigenvalue weighted by molar-refractivity contribution is 7.98. The number of thioether (sulfide) groups is 1. The maximum absolute atomic E-state index is 12.9. The van der Waals surface area contributed by atoms with Gasteiger partial charge in [-0.15, -0.1) is 5.10 Å². The molecule has 1 heterocycles. The zero-order valence-electron chi connectivity index (χ0n) is 12.3. The Bertz CT molecular complexity index is 865. The summed E-state index contributed by atoms with van der Waals surface area (Å²) in [4.78, 5) is 16.4. The summed E-state index contributed by atoms with van der Waals surface area (Å²) in [5, 5.41) is 5.17. The van der Waals surface area contributed by atoms with Crippen molar-refractivity contribution in [1.29, 1.82) is 0 Å². The zero-order chi connectivity index (χ0) is 17.1. The summed E-state index contributed by atoms with van der Waals surface area (Å²) in [5.74, 6) is -0.274. The SMILES string of the molecule is Nc1nc(SCc2ccc(Cl)cc2)nn1C(=O)c1ccc(F)cc1. The number of nitrogens with two attached hydrogens (primary N) is 1. The number of hydrogen-bond acceptors (Lipinski definition) is 5. The van der Waals surface area contributed by atoms with E-state index in [1.807, 2.05) is 12.1 Å². The third-order valence-corrected chi connectivity index (χ3v) is 4.34. The molecule has 0 atom stereocenters. The molecule has 0 fully saturated rings. The number of nitrogens with zero attached hydrogens (tertiary/aromatic N) is 3. The molecule has 3 aromatic rings. The summed E-state index contributed by atoms with van der Waals surface area (Å²) in [6, 6.07) is 12.6. The highest BCUT2D eigenvalue weighted by atomic mass is 35.5. The summed E-state index contributed by atoms with van der Waals surface area (Å²) in [6.07, 6.45) is 0. The molecule has 0 unspecified atom stereocenters. The van der Waals surface area contributed by atoms with Gasteiger partial charge in [-0.05, 0) is 42.0 Å². The molecule has 24 heavy (non-hydrogen) atoms. The first kappa shape index (κ1) is 16.5. The number of benzene rings is 2. The highest BCUT2D eigenvalue weighted by Crippen LogP contribution is 2.22. The van der Waals surface area contributed by atoms with Gasteiger partial charge in [-0.25, -0.2) is 4.39 Å². The van der Waals surface area contributed by atoms with Gasteiger partial charge in [-0.1, -0.05) is 35.5 Å². The number of carbonyl (C=O) groups excluding carboxylic acids is 1. The van der Waals surface area contributed by atoms with E-state index in [0.717, 1.165) is 10.2 Å². The van der Waals surface area contributed by atoms with Gasteiger partial charge in [0.2, 0.25) is 11.1 Å². The van der Waals surface area contributed by atoms with Crippen molar-refractivity contribution in [3.63, 3.8) is 0 Å². The molecule has 0 saturated heterocycles. The summed E-state index contributed by atoms with van der Waals surface area (Å²) in [5.41, 5.74) is 7.09. The summed E-state index contributed by atoms with van der Waals surface area (Å²) in [7, 11) is 0. The van der Waals surface area contributed by atoms with Crippen LogP contribution in [0.3, 0.4) is 0 Å². The second kappa shape index (κ2) is 7.02. The lowest BCUT2D eigenvalue weighted by Gasteiger charge is -2.01. The fourth-order valence-corrected chi connectivity index (χ4v) is 2.87. The molecule has 0 aliphatic carbocycles. The Morgan fingerprint density at radius 1 is 1.17 bits per heavy atom. The molecule has 0 amide bonds. The molecule has 8 heteroatoms. The lowest BCUT2D eigenvalue weighted by atomic mass is 10.2. The summed E-state index contributed by atoms with van der Waals surface area (Å²) >= 11 is 7.19. The molecule has 1 aromatic heterocycles. The van der Waals surface area contributed by atoms with E-state index in [2.05, 4.69) is 10.1 Å². The topological polar surface area (TPSA) is 73.8 Å². The highest BCUT2D eigenvalue weighted by Gasteiger charge is 2.16. The molecule has 2 N–H and O–H groups in total. The number of carbonyl (C=O) groups is 1. The van der Waals surface area contributed by atoms with Crippen LogP contribution in [0, 0.1) is 5.82 Å². The Labute approximate surface area is 146 Å². The van der Waals surface area contributed by atoms with Gasteiger partial charge in [-0.2, -0.15) is 9.67 Å². The van der Waals surface area contributed by atoms with Gasteiger partial charge < -0.3 is 5.73 Å². The van der Waals surface area contributed by atoms with Crippen molar-refractivity contribution < 1.29 is 9.18 Å². The molecular weight excluding hydrogens is 351 g/mol. The van der Waals surface area contributed by atoms with Gasteiger partial charge in [0, 0.05) is 16.3 Å². The molecule has 0 saturated carbocycles. The Morgan fingerprint density at radius 2 is 1.83 bits per heavy atom. The predicted molar refractivity (Wildman–Crippen MR) is 91.6 cm³/mol. The van der Waals surface area contributed by atoms with Crippen molar-refractivity contribution in [1.82, 2.24) is 14.8 Å². The molecule has 5 nitrogen and oxygen atoms in total. The molecule has 2 aromatic carbocycles. The van der Waals surface area contributed by atoms with E-state index < -0.39 is 11.7 Å². The number of aromatic nitrogens is 3. The van der Waals surface area contributed by atoms with Crippen LogP contribution in [0.15, 0.2) is 53.7 Å². The Balaban J connectivity index is 1.73. The van der Waals surface area contributed by atoms with Gasteiger partial charge in [0.1, 0.15) is 5.82 Å². The molecule has 3 rings (SSSR count). The maximum atomic E-state index is 12.9. The van der Waals surface area contributed by atoms with E-state index in [9.17, 15) is 9.18 Å². The van der Waals surface area contributed by atoms with E-state index in [1.165, 1.54) is 36.0 Å². The van der Waals surface area contributed by atoms with Crippen molar-refractivity contribution in [2.75, 3.05) is 5.73 Å². The van der Waals surface area contributed by atoms with Crippen LogP contribution in [-0.2, 0) is 5.75 Å². The number of hydrogen-bond donors (Lipinski definition) is 1. The largest absolute Gasteiger partial charge is 0.368 e. The average Bonchev–Trinajstić information content (AvgIpc) is 2.95. The summed E-state index contributed by atoms with van der Waals surface area (Å²) < 4.78 is 14.0. The Morgan fingerprint density at radius 3 is 2.50 bits per heavy atom. The third-order valence-electron chi connectivity index (χ3n) is 3.18. The van der Waals surface area contributed by atoms with Gasteiger partial charge in [0.05, 0.1) is 0 Å². The maximum Gasteiger partial charge on any atom is 0.281 e. The Hall–Kier alpha value is -2.38. The van der Waals surface area contributed by atoms with Crippen molar-refractivity contribution in [2.24, 2.45) is 0 Å². The van der Waals surface area contributed by atoms with Crippen molar-refractivity contribution >= 4 is 35.2 Å². The second-order valence-electron chi connectivity index (χ2n) is 4.89. The van der Waals surface area contributed by atoms with Crippen LogP contribution < -0.4 is 5.73 Å². The second-order valence-corrected chi connectivity index (χ2v) is 6.27. The average molecular weight is 363 g/mol. The minimum atomic E-state index is -0.460. The number of rotatable bonds is 4. The molecule has 0 spiro atoms. The molecule has 0 aliphatic rings. The van der Waals surface area contributed by atoms with E-state index in [-0.39, 0.29) is 11.5 Å². The quantitative estimate of drug-likeness (QED) is 0.717. The van der Waals surface area contributed by atoms with Crippen LogP contribution >= 0.6 is 23.4 Å². The smallest absolute Gasteiger partial charge is 0.281 e. The minimum absolute atomic E-state index is 0.0112. The van der Waals surface area contributed by atoms with E-state index in [0.29, 0.717) is 15.9 Å². The minimum Gasteiger partial charge on any atom is -0.368 e. The Kier molecular flexibility index (Phi) is 4.82. The third kappa shape index (κ3) is 3.74. The number of anilines is 1. The fraction of sp³-hybridized carbons (Fsp3) is 0.0625. The van der Waals surface area contributed by atoms with E-state index in [1.54, 1.807) is 12.1 Å². The van der Waals surface area contributed by atoms with Crippen LogP contribution in [0.5, 0.6) is 0 Å². The standard InChI is InChI=1S/C16H12ClFN4OS/c17-12-5-1-10(2-6-12)9-24-16-20-15(19)22(21-16)14(23)11-3-7-13(18)8-4-11/h1-8H,9H2,(H2,19,20,21). The number of nitrogen functional groups attached to an aromatic ring is 1. The molecule has 0 bridgehead atoms. The van der Waals surface area contributed by atoms with Crippen LogP contribution in [0.2, 0.25) is 5.02 Å². The van der Waals surface area contributed by atoms with Gasteiger partial charge in [0.15, 0.2) is 0 Å². The lowest BCUT2D eigenvalue weighted by Crippen LogP contribution is -2.16. The molecular formula is C16H12ClFN4OS. The van der Waals surface area contributed by atoms with Crippen molar-refractivity contribution in [3.8, 4) is 0 Å². The molecule has 0 radical (unpaired) electrons.